The quantitative estimate of drug-likeness (QED) is 0.570. The molecule has 60 valence electrons. The zero-order valence-electron chi connectivity index (χ0n) is 6.45. The highest BCUT2D eigenvalue weighted by Crippen LogP contribution is 1.96. The smallest absolute Gasteiger partial charge is 0.275 e. The normalized spacial score (nSPS) is 14.4. The molecule has 0 fully saturated rings. The summed E-state index contributed by atoms with van der Waals surface area (Å²) in [6, 6.07) is 7.42. The van der Waals surface area contributed by atoms with Gasteiger partial charge in [-0.05, 0) is 6.07 Å². The highest BCUT2D eigenvalue weighted by atomic mass is 16.1. The summed E-state index contributed by atoms with van der Waals surface area (Å²) in [6.07, 6.45) is 0. The van der Waals surface area contributed by atoms with Crippen LogP contribution < -0.4 is 16.3 Å². The van der Waals surface area contributed by atoms with Gasteiger partial charge in [-0.25, -0.2) is 4.99 Å². The second-order valence-corrected chi connectivity index (χ2v) is 2.62. The Morgan fingerprint density at radius 3 is 2.83 bits per heavy atom. The molecule has 0 saturated carbocycles. The van der Waals surface area contributed by atoms with E-state index in [9.17, 15) is 4.79 Å². The highest BCUT2D eigenvalue weighted by molar-refractivity contribution is 6.15. The Bertz CT molecular complexity index is 448. The summed E-state index contributed by atoms with van der Waals surface area (Å²) in [4.78, 5) is 15.0. The van der Waals surface area contributed by atoms with Gasteiger partial charge in [0, 0.05) is 17.3 Å². The third-order valence-electron chi connectivity index (χ3n) is 1.91. The molecule has 1 aliphatic rings. The molecule has 1 aliphatic heterocycles. The van der Waals surface area contributed by atoms with Crippen LogP contribution in [0.2, 0.25) is 0 Å². The molecule has 3 heteroatoms. The molecule has 1 aromatic carbocycles. The number of carbonyl (C=O) groups is 1. The maximum absolute atomic E-state index is 11.2. The van der Waals surface area contributed by atoms with Crippen LogP contribution in [0.15, 0.2) is 29.3 Å². The van der Waals surface area contributed by atoms with Crippen molar-refractivity contribution >= 4 is 11.5 Å². The molecule has 0 atom stereocenters. The zero-order valence-corrected chi connectivity index (χ0v) is 6.45. The van der Waals surface area contributed by atoms with E-state index in [1.54, 1.807) is 0 Å². The van der Waals surface area contributed by atoms with Gasteiger partial charge in [-0.1, -0.05) is 18.2 Å². The Labute approximate surface area is 69.2 Å². The van der Waals surface area contributed by atoms with Crippen molar-refractivity contribution in [3.63, 3.8) is 0 Å². The van der Waals surface area contributed by atoms with Gasteiger partial charge >= 0.3 is 0 Å². The van der Waals surface area contributed by atoms with Gasteiger partial charge in [0.2, 0.25) is 0 Å². The van der Waals surface area contributed by atoms with Crippen molar-refractivity contribution in [3.05, 3.63) is 34.8 Å². The molecule has 1 heterocycles. The minimum atomic E-state index is -0.196. The molecule has 0 aliphatic carbocycles. The Morgan fingerprint density at radius 1 is 1.33 bits per heavy atom. The number of amides is 1. The molecule has 2 N–H and O–H groups in total. The minimum absolute atomic E-state index is 0.196. The maximum Gasteiger partial charge on any atom is 0.275 e. The van der Waals surface area contributed by atoms with E-state index < -0.39 is 0 Å². The summed E-state index contributed by atoms with van der Waals surface area (Å²) >= 11 is 0. The van der Waals surface area contributed by atoms with E-state index >= 15 is 0 Å². The fourth-order valence-electron chi connectivity index (χ4n) is 1.32. The monoisotopic (exact) mass is 160 g/mol. The Morgan fingerprint density at radius 2 is 2.08 bits per heavy atom. The lowest BCUT2D eigenvalue weighted by molar-refractivity contribution is -0.112. The summed E-state index contributed by atoms with van der Waals surface area (Å²) in [5.41, 5.74) is 6.04. The summed E-state index contributed by atoms with van der Waals surface area (Å²) in [5.74, 6) is -0.196. The summed E-state index contributed by atoms with van der Waals surface area (Å²) < 4.78 is 0. The van der Waals surface area contributed by atoms with Crippen molar-refractivity contribution in [2.75, 3.05) is 6.54 Å². The molecule has 12 heavy (non-hydrogen) atoms. The van der Waals surface area contributed by atoms with Crippen molar-refractivity contribution in [2.45, 2.75) is 0 Å². The van der Waals surface area contributed by atoms with Crippen molar-refractivity contribution in [1.29, 1.82) is 0 Å². The molecule has 0 saturated heterocycles. The van der Waals surface area contributed by atoms with E-state index in [1.165, 1.54) is 0 Å². The Balaban J connectivity index is 2.88. The minimum Gasteiger partial charge on any atom is -0.326 e. The summed E-state index contributed by atoms with van der Waals surface area (Å²) in [6.45, 7) is 0.263. The van der Waals surface area contributed by atoms with Crippen LogP contribution in [-0.4, -0.2) is 12.5 Å². The fraction of sp³-hybridized carbons (Fsp3) is 0.111. The van der Waals surface area contributed by atoms with Gasteiger partial charge in [0.15, 0.2) is 0 Å². The van der Waals surface area contributed by atoms with Gasteiger partial charge in [-0.15, -0.1) is 0 Å². The van der Waals surface area contributed by atoms with E-state index in [0.29, 0.717) is 5.57 Å². The van der Waals surface area contributed by atoms with Crippen LogP contribution in [0.4, 0.5) is 0 Å². The predicted octanol–water partition coefficient (Wildman–Crippen LogP) is -1.04. The van der Waals surface area contributed by atoms with Crippen LogP contribution in [-0.2, 0) is 4.79 Å². The predicted molar refractivity (Wildman–Crippen MR) is 44.7 cm³/mol. The Kier molecular flexibility index (Phi) is 1.52. The van der Waals surface area contributed by atoms with E-state index in [-0.39, 0.29) is 12.5 Å². The van der Waals surface area contributed by atoms with Crippen LogP contribution in [0, 0.1) is 0 Å². The number of hydrogen-bond donors (Lipinski definition) is 1. The number of nitrogens with zero attached hydrogens (tertiary/aromatic N) is 1. The van der Waals surface area contributed by atoms with Gasteiger partial charge in [-0.2, -0.15) is 0 Å². The van der Waals surface area contributed by atoms with E-state index in [0.717, 1.165) is 10.6 Å². The third kappa shape index (κ3) is 0.871. The number of rotatable bonds is 1. The molecule has 1 amide bonds. The largest absolute Gasteiger partial charge is 0.326 e. The van der Waals surface area contributed by atoms with Gasteiger partial charge < -0.3 is 5.73 Å². The van der Waals surface area contributed by atoms with Crippen molar-refractivity contribution < 1.29 is 4.79 Å². The number of fused-ring (bicyclic) bond motifs is 1. The lowest BCUT2D eigenvalue weighted by atomic mass is 10.2. The average Bonchev–Trinajstić information content (AvgIpc) is 2.40. The van der Waals surface area contributed by atoms with Crippen molar-refractivity contribution in [1.82, 2.24) is 0 Å². The molecule has 0 spiro atoms. The molecular weight excluding hydrogens is 152 g/mol. The maximum atomic E-state index is 11.2. The zero-order chi connectivity index (χ0) is 8.55. The van der Waals surface area contributed by atoms with E-state index in [2.05, 4.69) is 4.99 Å². The number of nitrogens with two attached hydrogens (primary N) is 1. The second-order valence-electron chi connectivity index (χ2n) is 2.62. The van der Waals surface area contributed by atoms with Gasteiger partial charge in [0.25, 0.3) is 5.91 Å². The third-order valence-corrected chi connectivity index (χ3v) is 1.91. The van der Waals surface area contributed by atoms with Gasteiger partial charge in [0.1, 0.15) is 0 Å². The molecule has 3 nitrogen and oxygen atoms in total. The molecule has 0 radical (unpaired) electrons. The molecule has 1 aromatic rings. The first-order chi connectivity index (χ1) is 5.83. The van der Waals surface area contributed by atoms with Crippen LogP contribution in [0.25, 0.3) is 5.57 Å². The first kappa shape index (κ1) is 7.18. The van der Waals surface area contributed by atoms with Crippen molar-refractivity contribution in [3.8, 4) is 0 Å². The SMILES string of the molecule is NCC1=c2ccccc2=NC1=O. The fourth-order valence-corrected chi connectivity index (χ4v) is 1.32. The second kappa shape index (κ2) is 2.53. The van der Waals surface area contributed by atoms with E-state index in [4.69, 9.17) is 5.73 Å². The number of carbonyl (C=O) groups excluding carboxylic acids is 1. The van der Waals surface area contributed by atoms with Crippen LogP contribution in [0.5, 0.6) is 0 Å². The number of para-hydroxylation sites is 1. The summed E-state index contributed by atoms with van der Waals surface area (Å²) in [5, 5.41) is 1.62. The van der Waals surface area contributed by atoms with Gasteiger partial charge in [0.05, 0.1) is 5.36 Å². The molecule has 0 unspecified atom stereocenters. The van der Waals surface area contributed by atoms with E-state index in [1.807, 2.05) is 24.3 Å². The topological polar surface area (TPSA) is 55.4 Å². The van der Waals surface area contributed by atoms with Crippen LogP contribution >= 0.6 is 0 Å². The number of benzene rings is 1. The Hall–Kier alpha value is -1.48. The first-order valence-corrected chi connectivity index (χ1v) is 3.74. The van der Waals surface area contributed by atoms with Crippen LogP contribution in [0.1, 0.15) is 0 Å². The molecule has 0 aromatic heterocycles. The van der Waals surface area contributed by atoms with Crippen LogP contribution in [0.3, 0.4) is 0 Å². The number of hydrogen-bond acceptors (Lipinski definition) is 2. The highest BCUT2D eigenvalue weighted by Gasteiger charge is 2.12. The molecule has 0 bridgehead atoms. The first-order valence-electron chi connectivity index (χ1n) is 3.74. The molecule has 2 rings (SSSR count). The van der Waals surface area contributed by atoms with Gasteiger partial charge in [-0.3, -0.25) is 4.79 Å². The van der Waals surface area contributed by atoms with Crippen molar-refractivity contribution in [2.24, 2.45) is 10.7 Å². The lowest BCUT2D eigenvalue weighted by Gasteiger charge is -1.90. The standard InChI is InChI=1S/C9H8N2O/c10-5-7-6-3-1-2-4-8(6)11-9(7)12/h1-4H,5,10H2. The average molecular weight is 160 g/mol. The molecular formula is C9H8N2O. The lowest BCUT2D eigenvalue weighted by Crippen LogP contribution is -2.24. The summed E-state index contributed by atoms with van der Waals surface area (Å²) in [7, 11) is 0.